The monoisotopic (exact) mass is 481 g/mol. The number of piperazine rings is 1. The standard InChI is InChI=1S/C24H27N5O6/c1-35-18-8-6-15(7-9-18)19(14-20(30)31)29-13-12-28(23(33)24(29)34)11-10-27-22(32)17-4-2-16(3-5-17)21(25)26/h2-9,19H,10-14H2,1H3,(H3,25,26)(H,27,32)(H,30,31). The number of rotatable bonds is 10. The van der Waals surface area contributed by atoms with E-state index in [1.807, 2.05) is 0 Å². The van der Waals surface area contributed by atoms with E-state index in [2.05, 4.69) is 5.32 Å². The highest BCUT2D eigenvalue weighted by molar-refractivity contribution is 6.35. The van der Waals surface area contributed by atoms with Gasteiger partial charge in [0.2, 0.25) is 0 Å². The number of amidine groups is 1. The van der Waals surface area contributed by atoms with Crippen molar-refractivity contribution in [1.29, 1.82) is 5.41 Å². The number of nitrogens with one attached hydrogen (secondary N) is 2. The van der Waals surface area contributed by atoms with Crippen LogP contribution >= 0.6 is 0 Å². The van der Waals surface area contributed by atoms with Gasteiger partial charge in [0.15, 0.2) is 0 Å². The lowest BCUT2D eigenvalue weighted by molar-refractivity contribution is -0.159. The fraction of sp³-hybridized carbons (Fsp3) is 0.292. The molecule has 35 heavy (non-hydrogen) atoms. The zero-order chi connectivity index (χ0) is 25.5. The maximum absolute atomic E-state index is 12.9. The zero-order valence-electron chi connectivity index (χ0n) is 19.2. The van der Waals surface area contributed by atoms with Gasteiger partial charge in [0.1, 0.15) is 11.6 Å². The third kappa shape index (κ3) is 6.14. The van der Waals surface area contributed by atoms with Crippen molar-refractivity contribution < 1.29 is 29.0 Å². The minimum Gasteiger partial charge on any atom is -0.497 e. The second-order valence-electron chi connectivity index (χ2n) is 7.92. The number of carbonyl (C=O) groups is 4. The molecular weight excluding hydrogens is 454 g/mol. The SMILES string of the molecule is COc1ccc(C(CC(=O)O)N2CCN(CCNC(=O)c3ccc(C(=N)N)cc3)C(=O)C2=O)cc1. The number of carboxylic acid groups (broad SMARTS) is 1. The van der Waals surface area contributed by atoms with Gasteiger partial charge in [-0.3, -0.25) is 24.6 Å². The Bertz CT molecular complexity index is 1120. The molecule has 184 valence electrons. The van der Waals surface area contributed by atoms with Crippen LogP contribution in [0.25, 0.3) is 0 Å². The van der Waals surface area contributed by atoms with Crippen molar-refractivity contribution in [2.24, 2.45) is 5.73 Å². The molecule has 0 bridgehead atoms. The van der Waals surface area contributed by atoms with E-state index in [-0.39, 0.29) is 44.3 Å². The summed E-state index contributed by atoms with van der Waals surface area (Å²) in [4.78, 5) is 52.0. The van der Waals surface area contributed by atoms with Gasteiger partial charge in [-0.05, 0) is 29.8 Å². The van der Waals surface area contributed by atoms with Gasteiger partial charge >= 0.3 is 17.8 Å². The lowest BCUT2D eigenvalue weighted by Crippen LogP contribution is -2.56. The van der Waals surface area contributed by atoms with Crippen molar-refractivity contribution in [2.75, 3.05) is 33.3 Å². The molecule has 1 fully saturated rings. The number of hydrogen-bond acceptors (Lipinski definition) is 6. The van der Waals surface area contributed by atoms with Crippen LogP contribution in [0.5, 0.6) is 5.75 Å². The first-order valence-corrected chi connectivity index (χ1v) is 10.9. The van der Waals surface area contributed by atoms with Crippen molar-refractivity contribution in [3.05, 3.63) is 65.2 Å². The Morgan fingerprint density at radius 2 is 1.69 bits per heavy atom. The molecule has 1 aliphatic heterocycles. The van der Waals surface area contributed by atoms with Crippen LogP contribution in [0.2, 0.25) is 0 Å². The maximum atomic E-state index is 12.9. The number of hydrogen-bond donors (Lipinski definition) is 4. The first-order chi connectivity index (χ1) is 16.7. The number of carbonyl (C=O) groups excluding carboxylic acids is 3. The van der Waals surface area contributed by atoms with Crippen molar-refractivity contribution in [1.82, 2.24) is 15.1 Å². The maximum Gasteiger partial charge on any atom is 0.312 e. The molecule has 3 rings (SSSR count). The normalized spacial score (nSPS) is 14.4. The Hall–Kier alpha value is -4.41. The van der Waals surface area contributed by atoms with Crippen LogP contribution in [0.15, 0.2) is 48.5 Å². The molecule has 1 unspecified atom stereocenters. The molecule has 1 saturated heterocycles. The predicted octanol–water partition coefficient (Wildman–Crippen LogP) is 0.596. The van der Waals surface area contributed by atoms with Gasteiger partial charge in [-0.25, -0.2) is 0 Å². The van der Waals surface area contributed by atoms with E-state index in [0.29, 0.717) is 22.4 Å². The molecule has 1 aliphatic rings. The summed E-state index contributed by atoms with van der Waals surface area (Å²) >= 11 is 0. The molecule has 2 aromatic carbocycles. The van der Waals surface area contributed by atoms with Gasteiger partial charge in [0.25, 0.3) is 5.91 Å². The summed E-state index contributed by atoms with van der Waals surface area (Å²) in [6.45, 7) is 0.625. The summed E-state index contributed by atoms with van der Waals surface area (Å²) in [5.74, 6) is -2.50. The molecule has 1 atom stereocenters. The second-order valence-corrected chi connectivity index (χ2v) is 7.92. The van der Waals surface area contributed by atoms with Gasteiger partial charge in [0.05, 0.1) is 19.6 Å². The lowest BCUT2D eigenvalue weighted by Gasteiger charge is -2.38. The Labute approximate surface area is 202 Å². The molecule has 0 radical (unpaired) electrons. The van der Waals surface area contributed by atoms with Crippen LogP contribution in [0, 0.1) is 5.41 Å². The zero-order valence-corrected chi connectivity index (χ0v) is 19.2. The Morgan fingerprint density at radius 3 is 2.26 bits per heavy atom. The average molecular weight is 482 g/mol. The predicted molar refractivity (Wildman–Crippen MR) is 126 cm³/mol. The van der Waals surface area contributed by atoms with E-state index in [4.69, 9.17) is 15.9 Å². The van der Waals surface area contributed by atoms with Crippen LogP contribution in [0.1, 0.15) is 33.9 Å². The molecule has 3 amide bonds. The van der Waals surface area contributed by atoms with E-state index in [0.717, 1.165) is 0 Å². The number of carboxylic acids is 1. The minimum atomic E-state index is -1.09. The molecular formula is C24H27N5O6. The molecule has 0 aromatic heterocycles. The summed E-state index contributed by atoms with van der Waals surface area (Å²) in [5, 5.41) is 19.5. The van der Waals surface area contributed by atoms with E-state index in [9.17, 15) is 24.3 Å². The molecule has 11 heteroatoms. The molecule has 0 saturated carbocycles. The molecule has 0 spiro atoms. The highest BCUT2D eigenvalue weighted by atomic mass is 16.5. The van der Waals surface area contributed by atoms with Gasteiger partial charge in [-0.1, -0.05) is 24.3 Å². The number of benzene rings is 2. The van der Waals surface area contributed by atoms with E-state index in [1.54, 1.807) is 48.5 Å². The van der Waals surface area contributed by atoms with Crippen LogP contribution in [-0.2, 0) is 14.4 Å². The summed E-state index contributed by atoms with van der Waals surface area (Å²) in [6, 6.07) is 12.1. The van der Waals surface area contributed by atoms with E-state index in [1.165, 1.54) is 16.9 Å². The first-order valence-electron chi connectivity index (χ1n) is 10.9. The number of aliphatic carboxylic acids is 1. The van der Waals surface area contributed by atoms with E-state index >= 15 is 0 Å². The van der Waals surface area contributed by atoms with Crippen LogP contribution in [0.3, 0.4) is 0 Å². The van der Waals surface area contributed by atoms with Crippen LogP contribution in [-0.4, -0.2) is 77.7 Å². The highest BCUT2D eigenvalue weighted by Gasteiger charge is 2.37. The Kier molecular flexibility index (Phi) is 8.03. The summed E-state index contributed by atoms with van der Waals surface area (Å²) in [5.41, 5.74) is 6.87. The first kappa shape index (κ1) is 25.2. The fourth-order valence-electron chi connectivity index (χ4n) is 3.81. The molecule has 1 heterocycles. The Morgan fingerprint density at radius 1 is 1.06 bits per heavy atom. The third-order valence-electron chi connectivity index (χ3n) is 5.71. The van der Waals surface area contributed by atoms with Gasteiger partial charge in [0, 0.05) is 37.3 Å². The minimum absolute atomic E-state index is 0.100. The van der Waals surface area contributed by atoms with Crippen molar-refractivity contribution in [3.63, 3.8) is 0 Å². The molecule has 0 aliphatic carbocycles. The number of ether oxygens (including phenoxy) is 1. The van der Waals surface area contributed by atoms with Gasteiger partial charge in [-0.15, -0.1) is 0 Å². The van der Waals surface area contributed by atoms with Crippen LogP contribution in [0.4, 0.5) is 0 Å². The average Bonchev–Trinajstić information content (AvgIpc) is 2.85. The fourth-order valence-corrected chi connectivity index (χ4v) is 3.81. The molecule has 11 nitrogen and oxygen atoms in total. The number of methoxy groups -OCH3 is 1. The topological polar surface area (TPSA) is 166 Å². The highest BCUT2D eigenvalue weighted by Crippen LogP contribution is 2.28. The number of nitrogens with two attached hydrogens (primary N) is 1. The lowest BCUT2D eigenvalue weighted by atomic mass is 10.0. The smallest absolute Gasteiger partial charge is 0.312 e. The van der Waals surface area contributed by atoms with Gasteiger partial charge < -0.3 is 30.7 Å². The molecule has 5 N–H and O–H groups in total. The summed E-state index contributed by atoms with van der Waals surface area (Å²) in [6.07, 6.45) is -0.343. The van der Waals surface area contributed by atoms with E-state index < -0.39 is 23.8 Å². The Balaban J connectivity index is 1.60. The quantitative estimate of drug-likeness (QED) is 0.219. The van der Waals surface area contributed by atoms with Crippen molar-refractivity contribution >= 4 is 29.5 Å². The number of amides is 3. The third-order valence-corrected chi connectivity index (χ3v) is 5.71. The number of nitrogen functional groups attached to an aromatic ring is 1. The largest absolute Gasteiger partial charge is 0.497 e. The van der Waals surface area contributed by atoms with Crippen molar-refractivity contribution in [3.8, 4) is 5.75 Å². The number of nitrogens with zero attached hydrogens (tertiary/aromatic N) is 2. The second kappa shape index (κ2) is 11.1. The van der Waals surface area contributed by atoms with Crippen molar-refractivity contribution in [2.45, 2.75) is 12.5 Å². The van der Waals surface area contributed by atoms with Gasteiger partial charge in [-0.2, -0.15) is 0 Å². The van der Waals surface area contributed by atoms with Crippen LogP contribution < -0.4 is 15.8 Å². The summed E-state index contributed by atoms with van der Waals surface area (Å²) < 4.78 is 5.12. The summed E-state index contributed by atoms with van der Waals surface area (Å²) in [7, 11) is 1.51. The molecule has 2 aromatic rings.